The van der Waals surface area contributed by atoms with Crippen molar-refractivity contribution >= 4 is 23.6 Å². The number of hydrogen-bond donors (Lipinski definition) is 2. The molecule has 0 fully saturated rings. The van der Waals surface area contributed by atoms with E-state index < -0.39 is 12.0 Å². The van der Waals surface area contributed by atoms with Crippen molar-refractivity contribution in [1.29, 1.82) is 0 Å². The van der Waals surface area contributed by atoms with Gasteiger partial charge < -0.3 is 10.4 Å². The summed E-state index contributed by atoms with van der Waals surface area (Å²) in [5.41, 5.74) is 1.16. The van der Waals surface area contributed by atoms with Gasteiger partial charge in [0.15, 0.2) is 0 Å². The molecule has 0 aliphatic rings. The van der Waals surface area contributed by atoms with Gasteiger partial charge in [-0.3, -0.25) is 9.48 Å². The molecule has 1 rings (SSSR count). The summed E-state index contributed by atoms with van der Waals surface area (Å²) in [6.45, 7) is 1.32. The number of carboxylic acid groups (broad SMARTS) is 1. The fraction of sp³-hybridized carbons (Fsp3) is 0.583. The number of hydrogen-bond acceptors (Lipinski definition) is 4. The van der Waals surface area contributed by atoms with E-state index in [1.165, 1.54) is 6.92 Å². The molecular weight excluding hydrogens is 266 g/mol. The summed E-state index contributed by atoms with van der Waals surface area (Å²) < 4.78 is 1.83. The molecule has 1 atom stereocenters. The Balaban J connectivity index is 2.20. The molecule has 1 amide bonds. The van der Waals surface area contributed by atoms with E-state index in [1.807, 2.05) is 17.8 Å². The number of nitrogens with zero attached hydrogens (tertiary/aromatic N) is 2. The van der Waals surface area contributed by atoms with E-state index in [4.69, 9.17) is 5.11 Å². The van der Waals surface area contributed by atoms with Crippen LogP contribution in [0, 0.1) is 0 Å². The maximum absolute atomic E-state index is 10.9. The zero-order chi connectivity index (χ0) is 14.3. The van der Waals surface area contributed by atoms with Crippen molar-refractivity contribution < 1.29 is 14.7 Å². The maximum atomic E-state index is 10.9. The van der Waals surface area contributed by atoms with Crippen molar-refractivity contribution in [3.8, 4) is 0 Å². The molecule has 0 radical (unpaired) electrons. The van der Waals surface area contributed by atoms with Crippen LogP contribution in [0.15, 0.2) is 12.3 Å². The topological polar surface area (TPSA) is 84.2 Å². The van der Waals surface area contributed by atoms with Gasteiger partial charge in [0.05, 0.1) is 0 Å². The molecule has 1 unspecified atom stereocenters. The molecular formula is C12H19N3O3S. The first kappa shape index (κ1) is 15.6. The number of aryl methyl sites for hydroxylation is 2. The van der Waals surface area contributed by atoms with Gasteiger partial charge in [0.25, 0.3) is 0 Å². The van der Waals surface area contributed by atoms with Gasteiger partial charge >= 0.3 is 5.97 Å². The van der Waals surface area contributed by atoms with Crippen LogP contribution in [0.5, 0.6) is 0 Å². The van der Waals surface area contributed by atoms with Gasteiger partial charge in [0, 0.05) is 25.9 Å². The van der Waals surface area contributed by atoms with Crippen molar-refractivity contribution in [2.75, 3.05) is 11.5 Å². The number of amides is 1. The average molecular weight is 285 g/mol. The summed E-state index contributed by atoms with van der Waals surface area (Å²) in [7, 11) is 1.90. The van der Waals surface area contributed by atoms with Crippen LogP contribution in [0.1, 0.15) is 19.0 Å². The fourth-order valence-electron chi connectivity index (χ4n) is 1.63. The highest BCUT2D eigenvalue weighted by Gasteiger charge is 2.17. The monoisotopic (exact) mass is 285 g/mol. The third-order valence-corrected chi connectivity index (χ3v) is 3.67. The lowest BCUT2D eigenvalue weighted by molar-refractivity contribution is -0.141. The van der Waals surface area contributed by atoms with Crippen molar-refractivity contribution in [1.82, 2.24) is 15.1 Å². The number of thioether (sulfide) groups is 1. The van der Waals surface area contributed by atoms with Gasteiger partial charge in [0.1, 0.15) is 6.04 Å². The van der Waals surface area contributed by atoms with Crippen LogP contribution in [0.4, 0.5) is 0 Å². The van der Waals surface area contributed by atoms with Crippen LogP contribution in [-0.2, 0) is 23.1 Å². The number of nitrogens with one attached hydrogen (secondary N) is 1. The molecule has 0 spiro atoms. The standard InChI is InChI=1S/C12H19N3O3S/c1-9(16)14-11(12(17)18)5-8-19-7-4-10-3-6-13-15(10)2/h3,6,11H,4-5,7-8H2,1-2H3,(H,14,16)(H,17,18). The van der Waals surface area contributed by atoms with Gasteiger partial charge in [-0.15, -0.1) is 0 Å². The average Bonchev–Trinajstić information content (AvgIpc) is 2.72. The summed E-state index contributed by atoms with van der Waals surface area (Å²) in [5.74, 6) is 0.316. The van der Waals surface area contributed by atoms with Gasteiger partial charge in [-0.2, -0.15) is 16.9 Å². The first-order valence-electron chi connectivity index (χ1n) is 6.05. The third kappa shape index (κ3) is 5.78. The molecule has 106 valence electrons. The molecule has 2 N–H and O–H groups in total. The Morgan fingerprint density at radius 2 is 2.26 bits per heavy atom. The van der Waals surface area contributed by atoms with Gasteiger partial charge in [-0.05, 0) is 30.4 Å². The summed E-state index contributed by atoms with van der Waals surface area (Å²) in [6.07, 6.45) is 3.10. The summed E-state index contributed by atoms with van der Waals surface area (Å²) in [5, 5.41) is 15.4. The van der Waals surface area contributed by atoms with E-state index in [0.717, 1.165) is 17.9 Å². The molecule has 1 heterocycles. The van der Waals surface area contributed by atoms with Crippen LogP contribution >= 0.6 is 11.8 Å². The van der Waals surface area contributed by atoms with Gasteiger partial charge in [-0.1, -0.05) is 0 Å². The first-order valence-corrected chi connectivity index (χ1v) is 7.20. The van der Waals surface area contributed by atoms with Gasteiger partial charge in [0.2, 0.25) is 5.91 Å². The Kier molecular flexibility index (Phi) is 6.41. The van der Waals surface area contributed by atoms with Crippen LogP contribution in [0.25, 0.3) is 0 Å². The molecule has 0 aliphatic carbocycles. The molecule has 1 aromatic heterocycles. The molecule has 7 heteroatoms. The normalized spacial score (nSPS) is 12.1. The second kappa shape index (κ2) is 7.83. The van der Waals surface area contributed by atoms with Crippen LogP contribution in [0.2, 0.25) is 0 Å². The molecule has 0 bridgehead atoms. The smallest absolute Gasteiger partial charge is 0.326 e. The van der Waals surface area contributed by atoms with Crippen molar-refractivity contribution in [2.24, 2.45) is 7.05 Å². The Morgan fingerprint density at radius 3 is 2.79 bits per heavy atom. The Bertz CT molecular complexity index is 434. The van der Waals surface area contributed by atoms with Gasteiger partial charge in [-0.25, -0.2) is 4.79 Å². The summed E-state index contributed by atoms with van der Waals surface area (Å²) in [6, 6.07) is 1.18. The van der Waals surface area contributed by atoms with Crippen molar-refractivity contribution in [2.45, 2.75) is 25.8 Å². The van der Waals surface area contributed by atoms with Crippen LogP contribution in [0.3, 0.4) is 0 Å². The van der Waals surface area contributed by atoms with E-state index in [0.29, 0.717) is 12.2 Å². The lowest BCUT2D eigenvalue weighted by Gasteiger charge is -2.12. The van der Waals surface area contributed by atoms with E-state index in [-0.39, 0.29) is 5.91 Å². The van der Waals surface area contributed by atoms with E-state index in [2.05, 4.69) is 10.4 Å². The lowest BCUT2D eigenvalue weighted by Crippen LogP contribution is -2.39. The number of carbonyl (C=O) groups is 2. The number of carboxylic acids is 1. The quantitative estimate of drug-likeness (QED) is 0.686. The third-order valence-electron chi connectivity index (χ3n) is 2.65. The molecule has 0 saturated carbocycles. The highest BCUT2D eigenvalue weighted by atomic mass is 32.2. The fourth-order valence-corrected chi connectivity index (χ4v) is 2.59. The molecule has 0 saturated heterocycles. The number of rotatable bonds is 8. The largest absolute Gasteiger partial charge is 0.480 e. The summed E-state index contributed by atoms with van der Waals surface area (Å²) in [4.78, 5) is 21.7. The molecule has 0 aromatic carbocycles. The first-order chi connectivity index (χ1) is 9.00. The van der Waals surface area contributed by atoms with E-state index in [9.17, 15) is 9.59 Å². The Labute approximate surface area is 116 Å². The second-order valence-corrected chi connectivity index (χ2v) is 5.41. The molecule has 1 aromatic rings. The lowest BCUT2D eigenvalue weighted by atomic mass is 10.2. The highest BCUT2D eigenvalue weighted by Crippen LogP contribution is 2.09. The Hall–Kier alpha value is -1.50. The Morgan fingerprint density at radius 1 is 1.53 bits per heavy atom. The molecule has 6 nitrogen and oxygen atoms in total. The number of aromatic nitrogens is 2. The zero-order valence-corrected chi connectivity index (χ0v) is 11.9. The summed E-state index contributed by atoms with van der Waals surface area (Å²) >= 11 is 1.68. The highest BCUT2D eigenvalue weighted by molar-refractivity contribution is 7.99. The SMILES string of the molecule is CC(=O)NC(CCSCCc1ccnn1C)C(=O)O. The maximum Gasteiger partial charge on any atom is 0.326 e. The predicted octanol–water partition coefficient (Wildman–Crippen LogP) is 0.675. The molecule has 19 heavy (non-hydrogen) atoms. The minimum absolute atomic E-state index is 0.313. The predicted molar refractivity (Wildman–Crippen MR) is 74.1 cm³/mol. The minimum atomic E-state index is -0.984. The van der Waals surface area contributed by atoms with Crippen LogP contribution < -0.4 is 5.32 Å². The van der Waals surface area contributed by atoms with Crippen molar-refractivity contribution in [3.63, 3.8) is 0 Å². The second-order valence-electron chi connectivity index (χ2n) is 4.19. The van der Waals surface area contributed by atoms with E-state index >= 15 is 0 Å². The zero-order valence-electron chi connectivity index (χ0n) is 11.1. The van der Waals surface area contributed by atoms with Crippen molar-refractivity contribution in [3.05, 3.63) is 18.0 Å². The minimum Gasteiger partial charge on any atom is -0.480 e. The number of aliphatic carboxylic acids is 1. The number of carbonyl (C=O) groups excluding carboxylic acids is 1. The molecule has 0 aliphatic heterocycles. The van der Waals surface area contributed by atoms with E-state index in [1.54, 1.807) is 18.0 Å². The van der Waals surface area contributed by atoms with Crippen LogP contribution in [-0.4, -0.2) is 44.3 Å².